The number of allylic oxidation sites excluding steroid dienone is 2. The van der Waals surface area contributed by atoms with Crippen molar-refractivity contribution in [2.24, 2.45) is 11.8 Å². The molecule has 0 spiro atoms. The molecule has 128 valence electrons. The summed E-state index contributed by atoms with van der Waals surface area (Å²) in [7, 11) is 0. The average Bonchev–Trinajstić information content (AvgIpc) is 3.04. The van der Waals surface area contributed by atoms with Gasteiger partial charge in [0.2, 0.25) is 9.75 Å². The van der Waals surface area contributed by atoms with Crippen molar-refractivity contribution in [1.29, 1.82) is 0 Å². The van der Waals surface area contributed by atoms with E-state index in [-0.39, 0.29) is 5.92 Å². The number of halogens is 6. The molecule has 23 heavy (non-hydrogen) atoms. The maximum absolute atomic E-state index is 11.9. The smallest absolute Gasteiger partial charge is 0.330 e. The molecule has 3 aliphatic rings. The molecule has 0 aromatic carbocycles. The van der Waals surface area contributed by atoms with E-state index < -0.39 is 36.3 Å². The maximum atomic E-state index is 11.9. The molecule has 4 nitrogen and oxygen atoms in total. The Morgan fingerprint density at radius 2 is 1.48 bits per heavy atom. The van der Waals surface area contributed by atoms with Gasteiger partial charge in [-0.2, -0.15) is 0 Å². The fraction of sp³-hybridized carbons (Fsp3) is 0.692. The summed E-state index contributed by atoms with van der Waals surface area (Å²) in [6.07, 6.45) is 1.96. The second kappa shape index (κ2) is 4.99. The van der Waals surface area contributed by atoms with E-state index in [1.807, 2.05) is 0 Å². The first kappa shape index (κ1) is 18.2. The van der Waals surface area contributed by atoms with Gasteiger partial charge in [0.05, 0.1) is 0 Å². The standard InChI is InChI=1S/C13H10Cl6O4/c14-10(8(20)21)11(15,9(22)23)13(18,19)7-5-2-1-4(3-5)6(7)12(10,16)17/h4,6H,1-3H2,(H,20,21)(H,22,23). The quantitative estimate of drug-likeness (QED) is 0.496. The van der Waals surface area contributed by atoms with E-state index in [1.165, 1.54) is 0 Å². The summed E-state index contributed by atoms with van der Waals surface area (Å²) in [5.41, 5.74) is 1.13. The van der Waals surface area contributed by atoms with Crippen LogP contribution < -0.4 is 0 Å². The van der Waals surface area contributed by atoms with Crippen LogP contribution in [0.2, 0.25) is 0 Å². The Hall–Kier alpha value is 0.420. The molecule has 0 aromatic heterocycles. The number of hydrogen-bond acceptors (Lipinski definition) is 2. The second-order valence-electron chi connectivity index (χ2n) is 6.12. The molecule has 2 bridgehead atoms. The molecule has 4 atom stereocenters. The minimum absolute atomic E-state index is 0.0978. The Labute approximate surface area is 161 Å². The third-order valence-corrected chi connectivity index (χ3v) is 9.14. The molecule has 0 radical (unpaired) electrons. The first-order valence-electron chi connectivity index (χ1n) is 6.67. The van der Waals surface area contributed by atoms with Gasteiger partial charge in [-0.1, -0.05) is 52.0 Å². The van der Waals surface area contributed by atoms with Crippen LogP contribution in [0.25, 0.3) is 0 Å². The third kappa shape index (κ3) is 1.78. The van der Waals surface area contributed by atoms with Gasteiger partial charge in [0, 0.05) is 5.92 Å². The minimum Gasteiger partial charge on any atom is -0.480 e. The highest BCUT2D eigenvalue weighted by atomic mass is 35.5. The molecular formula is C13H10Cl6O4. The van der Waals surface area contributed by atoms with Crippen molar-refractivity contribution in [3.05, 3.63) is 11.1 Å². The fourth-order valence-corrected chi connectivity index (χ4v) is 7.01. The highest BCUT2D eigenvalue weighted by molar-refractivity contribution is 6.67. The monoisotopic (exact) mass is 440 g/mol. The Kier molecular flexibility index (Phi) is 3.95. The largest absolute Gasteiger partial charge is 0.480 e. The van der Waals surface area contributed by atoms with Gasteiger partial charge in [-0.05, 0) is 30.8 Å². The molecule has 0 aromatic rings. The number of carbonyl (C=O) groups is 2. The van der Waals surface area contributed by atoms with Crippen LogP contribution in [0.15, 0.2) is 11.1 Å². The lowest BCUT2D eigenvalue weighted by atomic mass is 9.65. The number of rotatable bonds is 2. The predicted molar refractivity (Wildman–Crippen MR) is 89.2 cm³/mol. The van der Waals surface area contributed by atoms with Crippen molar-refractivity contribution in [3.63, 3.8) is 0 Å². The summed E-state index contributed by atoms with van der Waals surface area (Å²) in [6, 6.07) is 0. The molecule has 0 saturated heterocycles. The van der Waals surface area contributed by atoms with Crippen molar-refractivity contribution in [1.82, 2.24) is 0 Å². The molecule has 10 heteroatoms. The van der Waals surface area contributed by atoms with E-state index in [4.69, 9.17) is 69.6 Å². The molecule has 2 saturated carbocycles. The Morgan fingerprint density at radius 3 is 1.96 bits per heavy atom. The molecule has 2 N–H and O–H groups in total. The van der Waals surface area contributed by atoms with Crippen molar-refractivity contribution in [2.45, 2.75) is 37.7 Å². The molecule has 0 heterocycles. The summed E-state index contributed by atoms with van der Waals surface area (Å²) in [4.78, 5) is 18.1. The first-order chi connectivity index (χ1) is 10.3. The van der Waals surface area contributed by atoms with Gasteiger partial charge in [0.1, 0.15) is 0 Å². The Morgan fingerprint density at radius 1 is 0.957 bits per heavy atom. The predicted octanol–water partition coefficient (Wildman–Crippen LogP) is 4.20. The summed E-state index contributed by atoms with van der Waals surface area (Å²) in [5.74, 6) is -4.47. The summed E-state index contributed by atoms with van der Waals surface area (Å²) < 4.78 is -4.46. The molecule has 3 aliphatic carbocycles. The van der Waals surface area contributed by atoms with E-state index >= 15 is 0 Å². The highest BCUT2D eigenvalue weighted by Crippen LogP contribution is 2.73. The van der Waals surface area contributed by atoms with Crippen molar-refractivity contribution < 1.29 is 19.8 Å². The fourth-order valence-electron chi connectivity index (χ4n) is 4.18. The van der Waals surface area contributed by atoms with Crippen LogP contribution in [0.4, 0.5) is 0 Å². The highest BCUT2D eigenvalue weighted by Gasteiger charge is 2.85. The van der Waals surface area contributed by atoms with Crippen LogP contribution in [0.3, 0.4) is 0 Å². The van der Waals surface area contributed by atoms with Crippen LogP contribution in [-0.4, -0.2) is 40.6 Å². The van der Waals surface area contributed by atoms with Crippen LogP contribution >= 0.6 is 69.6 Å². The first-order valence-corrected chi connectivity index (χ1v) is 8.94. The minimum atomic E-state index is -2.86. The SMILES string of the molecule is O=C(O)C1(Cl)C(Cl)(Cl)C2=C3CCC(C3)C2C(Cl)(Cl)C1(Cl)C(=O)O. The average molecular weight is 443 g/mol. The lowest BCUT2D eigenvalue weighted by molar-refractivity contribution is -0.152. The Balaban J connectivity index is 2.40. The lowest BCUT2D eigenvalue weighted by Gasteiger charge is -2.57. The van der Waals surface area contributed by atoms with Crippen molar-refractivity contribution in [3.8, 4) is 0 Å². The van der Waals surface area contributed by atoms with Crippen LogP contribution in [0, 0.1) is 11.8 Å². The zero-order valence-electron chi connectivity index (χ0n) is 11.3. The zero-order valence-corrected chi connectivity index (χ0v) is 15.8. The van der Waals surface area contributed by atoms with Gasteiger partial charge < -0.3 is 10.2 Å². The molecule has 3 rings (SSSR count). The van der Waals surface area contributed by atoms with E-state index in [9.17, 15) is 19.8 Å². The maximum Gasteiger partial charge on any atom is 0.330 e. The van der Waals surface area contributed by atoms with Gasteiger partial charge in [-0.15, -0.1) is 23.2 Å². The van der Waals surface area contributed by atoms with Gasteiger partial charge >= 0.3 is 11.9 Å². The van der Waals surface area contributed by atoms with Gasteiger partial charge in [0.15, 0.2) is 8.67 Å². The summed E-state index contributed by atoms with van der Waals surface area (Å²) >= 11 is 37.9. The zero-order chi connectivity index (χ0) is 17.6. The second-order valence-corrected chi connectivity index (χ2v) is 9.97. The summed E-state index contributed by atoms with van der Waals surface area (Å²) in [6.45, 7) is 0. The van der Waals surface area contributed by atoms with Crippen molar-refractivity contribution in [2.75, 3.05) is 0 Å². The van der Waals surface area contributed by atoms with Gasteiger partial charge in [0.25, 0.3) is 0 Å². The number of alkyl halides is 6. The van der Waals surface area contributed by atoms with E-state index in [0.29, 0.717) is 18.4 Å². The number of hydrogen-bond donors (Lipinski definition) is 2. The number of fused-ring (bicyclic) bond motifs is 4. The molecule has 4 unspecified atom stereocenters. The Bertz CT molecular complexity index is 659. The van der Waals surface area contributed by atoms with Crippen LogP contribution in [0.5, 0.6) is 0 Å². The van der Waals surface area contributed by atoms with Crippen LogP contribution in [-0.2, 0) is 9.59 Å². The van der Waals surface area contributed by atoms with Crippen LogP contribution in [0.1, 0.15) is 19.3 Å². The van der Waals surface area contributed by atoms with Crippen molar-refractivity contribution >= 4 is 81.5 Å². The topological polar surface area (TPSA) is 74.6 Å². The van der Waals surface area contributed by atoms with Gasteiger partial charge in [-0.25, -0.2) is 0 Å². The number of aliphatic carboxylic acids is 2. The van der Waals surface area contributed by atoms with E-state index in [2.05, 4.69) is 0 Å². The lowest BCUT2D eigenvalue weighted by Crippen LogP contribution is -2.77. The van der Waals surface area contributed by atoms with E-state index in [1.54, 1.807) is 0 Å². The molecule has 2 fully saturated rings. The van der Waals surface area contributed by atoms with Gasteiger partial charge in [-0.3, -0.25) is 9.59 Å². The molecule has 0 aliphatic heterocycles. The molecule has 0 amide bonds. The normalized spacial score (nSPS) is 43.4. The van der Waals surface area contributed by atoms with E-state index in [0.717, 1.165) is 12.0 Å². The third-order valence-electron chi connectivity index (χ3n) is 5.17. The number of carboxylic acids is 2. The summed E-state index contributed by atoms with van der Waals surface area (Å²) in [5, 5.41) is 19.3. The molecular weight excluding hydrogens is 433 g/mol. The number of carboxylic acid groups (broad SMARTS) is 2.